The van der Waals surface area contributed by atoms with Crippen LogP contribution < -0.4 is 25.4 Å². The molecule has 1 amide bonds. The van der Waals surface area contributed by atoms with Crippen LogP contribution in [0.15, 0.2) is 66.2 Å². The Balaban J connectivity index is 0.00000480. The monoisotopic (exact) mass is 538 g/mol. The number of carbonyl (C=O) groups is 1. The number of nitrogens with zero attached hydrogens (tertiary/aromatic N) is 1. The van der Waals surface area contributed by atoms with E-state index in [4.69, 9.17) is 9.47 Å². The highest BCUT2D eigenvalue weighted by atomic mass is 127. The molecule has 0 unspecified atom stereocenters. The fourth-order valence-electron chi connectivity index (χ4n) is 2.67. The summed E-state index contributed by atoms with van der Waals surface area (Å²) in [5.41, 5.74) is 2.05. The van der Waals surface area contributed by atoms with Crippen molar-refractivity contribution in [1.82, 2.24) is 16.0 Å². The SMILES string of the molecule is C=CCOc1ccccc1CNC(=NC)NCc1cccc(OCC(=O)NCC)c1.I. The third-order valence-corrected chi connectivity index (χ3v) is 4.10. The van der Waals surface area contributed by atoms with Gasteiger partial charge in [0, 0.05) is 32.2 Å². The van der Waals surface area contributed by atoms with E-state index in [1.54, 1.807) is 13.1 Å². The van der Waals surface area contributed by atoms with Crippen molar-refractivity contribution >= 4 is 35.8 Å². The average molecular weight is 538 g/mol. The summed E-state index contributed by atoms with van der Waals surface area (Å²) in [5, 5.41) is 9.28. The molecule has 7 nitrogen and oxygen atoms in total. The van der Waals surface area contributed by atoms with E-state index in [0.717, 1.165) is 16.9 Å². The third-order valence-electron chi connectivity index (χ3n) is 4.10. The lowest BCUT2D eigenvalue weighted by Gasteiger charge is -2.15. The number of aliphatic imine (C=N–C) groups is 1. The smallest absolute Gasteiger partial charge is 0.257 e. The van der Waals surface area contributed by atoms with Crippen molar-refractivity contribution < 1.29 is 14.3 Å². The summed E-state index contributed by atoms with van der Waals surface area (Å²) in [4.78, 5) is 15.8. The number of nitrogens with one attached hydrogen (secondary N) is 3. The Kier molecular flexibility index (Phi) is 12.8. The minimum atomic E-state index is -0.136. The van der Waals surface area contributed by atoms with Gasteiger partial charge in [0.1, 0.15) is 18.1 Å². The van der Waals surface area contributed by atoms with Crippen LogP contribution in [0.4, 0.5) is 0 Å². The summed E-state index contributed by atoms with van der Waals surface area (Å²) in [7, 11) is 1.72. The Bertz CT molecular complexity index is 858. The van der Waals surface area contributed by atoms with Gasteiger partial charge in [-0.05, 0) is 30.7 Å². The van der Waals surface area contributed by atoms with E-state index in [0.29, 0.717) is 38.0 Å². The van der Waals surface area contributed by atoms with E-state index in [-0.39, 0.29) is 36.5 Å². The minimum Gasteiger partial charge on any atom is -0.489 e. The number of amides is 1. The molecule has 0 bridgehead atoms. The van der Waals surface area contributed by atoms with E-state index in [9.17, 15) is 4.79 Å². The van der Waals surface area contributed by atoms with Gasteiger partial charge in [0.25, 0.3) is 5.91 Å². The first-order valence-electron chi connectivity index (χ1n) is 9.90. The Morgan fingerprint density at radius 2 is 1.84 bits per heavy atom. The molecule has 31 heavy (non-hydrogen) atoms. The lowest BCUT2D eigenvalue weighted by atomic mass is 10.2. The molecule has 2 aromatic rings. The fourth-order valence-corrected chi connectivity index (χ4v) is 2.67. The molecule has 0 saturated heterocycles. The predicted octanol–water partition coefficient (Wildman–Crippen LogP) is 3.25. The lowest BCUT2D eigenvalue weighted by Crippen LogP contribution is -2.36. The van der Waals surface area contributed by atoms with Gasteiger partial charge >= 0.3 is 0 Å². The van der Waals surface area contributed by atoms with Crippen LogP contribution in [0, 0.1) is 0 Å². The molecule has 0 aromatic heterocycles. The zero-order valence-corrected chi connectivity index (χ0v) is 20.3. The number of guanidine groups is 1. The molecule has 8 heteroatoms. The van der Waals surface area contributed by atoms with Crippen molar-refractivity contribution in [2.45, 2.75) is 20.0 Å². The average Bonchev–Trinajstić information content (AvgIpc) is 2.77. The van der Waals surface area contributed by atoms with Gasteiger partial charge in [-0.1, -0.05) is 43.0 Å². The van der Waals surface area contributed by atoms with Crippen LogP contribution in [-0.4, -0.2) is 38.7 Å². The Hall–Kier alpha value is -2.75. The Morgan fingerprint density at radius 1 is 1.06 bits per heavy atom. The van der Waals surface area contributed by atoms with Crippen LogP contribution in [-0.2, 0) is 17.9 Å². The Labute approximate surface area is 201 Å². The second-order valence-electron chi connectivity index (χ2n) is 6.38. The maximum atomic E-state index is 11.5. The number of halogens is 1. The van der Waals surface area contributed by atoms with Crippen molar-refractivity contribution in [3.63, 3.8) is 0 Å². The molecule has 0 heterocycles. The molecule has 3 N–H and O–H groups in total. The van der Waals surface area contributed by atoms with E-state index in [1.165, 1.54) is 0 Å². The molecule has 0 atom stereocenters. The van der Waals surface area contributed by atoms with Crippen LogP contribution >= 0.6 is 24.0 Å². The topological polar surface area (TPSA) is 84.0 Å². The number of rotatable bonds is 11. The fraction of sp³-hybridized carbons (Fsp3) is 0.304. The normalized spacial score (nSPS) is 10.5. The number of benzene rings is 2. The van der Waals surface area contributed by atoms with Gasteiger partial charge < -0.3 is 25.4 Å². The number of carbonyl (C=O) groups excluding carboxylic acids is 1. The molecule has 0 saturated carbocycles. The number of para-hydroxylation sites is 1. The zero-order valence-electron chi connectivity index (χ0n) is 18.0. The summed E-state index contributed by atoms with van der Waals surface area (Å²) in [6.45, 7) is 7.74. The van der Waals surface area contributed by atoms with Crippen LogP contribution in [0.1, 0.15) is 18.1 Å². The first kappa shape index (κ1) is 26.3. The number of hydrogen-bond acceptors (Lipinski definition) is 4. The van der Waals surface area contributed by atoms with Crippen LogP contribution in [0.25, 0.3) is 0 Å². The highest BCUT2D eigenvalue weighted by Gasteiger charge is 2.06. The molecule has 0 spiro atoms. The van der Waals surface area contributed by atoms with Gasteiger partial charge in [0.05, 0.1) is 0 Å². The zero-order chi connectivity index (χ0) is 21.6. The summed E-state index contributed by atoms with van der Waals surface area (Å²) in [6.07, 6.45) is 1.72. The van der Waals surface area contributed by atoms with Crippen molar-refractivity contribution in [1.29, 1.82) is 0 Å². The molecule has 2 rings (SSSR count). The Morgan fingerprint density at radius 3 is 2.58 bits per heavy atom. The number of likely N-dealkylation sites (N-methyl/N-ethyl adjacent to an activating group) is 1. The van der Waals surface area contributed by atoms with E-state index in [1.807, 2.05) is 55.5 Å². The first-order chi connectivity index (χ1) is 14.7. The number of hydrogen-bond donors (Lipinski definition) is 3. The van der Waals surface area contributed by atoms with Crippen LogP contribution in [0.3, 0.4) is 0 Å². The molecule has 0 radical (unpaired) electrons. The molecular weight excluding hydrogens is 507 g/mol. The molecule has 0 fully saturated rings. The van der Waals surface area contributed by atoms with E-state index in [2.05, 4.69) is 27.5 Å². The molecule has 168 valence electrons. The summed E-state index contributed by atoms with van der Waals surface area (Å²) in [6, 6.07) is 15.5. The van der Waals surface area contributed by atoms with Crippen molar-refractivity contribution in [2.24, 2.45) is 4.99 Å². The van der Waals surface area contributed by atoms with Crippen molar-refractivity contribution in [3.8, 4) is 11.5 Å². The molecular formula is C23H31IN4O3. The van der Waals surface area contributed by atoms with Crippen molar-refractivity contribution in [2.75, 3.05) is 26.8 Å². The molecule has 0 aliphatic heterocycles. The first-order valence-corrected chi connectivity index (χ1v) is 9.90. The van der Waals surface area contributed by atoms with Crippen molar-refractivity contribution in [3.05, 3.63) is 72.3 Å². The van der Waals surface area contributed by atoms with E-state index < -0.39 is 0 Å². The predicted molar refractivity (Wildman–Crippen MR) is 135 cm³/mol. The summed E-state index contributed by atoms with van der Waals surface area (Å²) >= 11 is 0. The quantitative estimate of drug-likeness (QED) is 0.177. The summed E-state index contributed by atoms with van der Waals surface area (Å²) < 4.78 is 11.2. The van der Waals surface area contributed by atoms with Gasteiger partial charge in [-0.3, -0.25) is 9.79 Å². The summed E-state index contributed by atoms with van der Waals surface area (Å²) in [5.74, 6) is 2.00. The highest BCUT2D eigenvalue weighted by molar-refractivity contribution is 14.0. The third kappa shape index (κ3) is 9.73. The standard InChI is InChI=1S/C23H30N4O3.HI/c1-4-13-29-21-12-7-6-10-19(21)16-27-23(24-3)26-15-18-9-8-11-20(14-18)30-17-22(28)25-5-2;/h4,6-12,14H,1,5,13,15-17H2,2-3H3,(H,25,28)(H2,24,26,27);1H. The van der Waals surface area contributed by atoms with Crippen LogP contribution in [0.5, 0.6) is 11.5 Å². The minimum absolute atomic E-state index is 0. The second-order valence-corrected chi connectivity index (χ2v) is 6.38. The maximum absolute atomic E-state index is 11.5. The van der Waals surface area contributed by atoms with Gasteiger partial charge in [0.15, 0.2) is 12.6 Å². The van der Waals surface area contributed by atoms with Gasteiger partial charge in [-0.2, -0.15) is 0 Å². The van der Waals surface area contributed by atoms with Gasteiger partial charge in [0.2, 0.25) is 0 Å². The molecule has 0 aliphatic rings. The number of ether oxygens (including phenoxy) is 2. The molecule has 2 aromatic carbocycles. The lowest BCUT2D eigenvalue weighted by molar-refractivity contribution is -0.122. The maximum Gasteiger partial charge on any atom is 0.257 e. The second kappa shape index (κ2) is 15.1. The highest BCUT2D eigenvalue weighted by Crippen LogP contribution is 2.17. The van der Waals surface area contributed by atoms with Gasteiger partial charge in [-0.15, -0.1) is 24.0 Å². The van der Waals surface area contributed by atoms with E-state index >= 15 is 0 Å². The molecule has 0 aliphatic carbocycles. The largest absolute Gasteiger partial charge is 0.489 e. The van der Waals surface area contributed by atoms with Gasteiger partial charge in [-0.25, -0.2) is 0 Å². The van der Waals surface area contributed by atoms with Crippen LogP contribution in [0.2, 0.25) is 0 Å².